The lowest BCUT2D eigenvalue weighted by Gasteiger charge is -2.36. The third-order valence-electron chi connectivity index (χ3n) is 3.33. The highest BCUT2D eigenvalue weighted by molar-refractivity contribution is 5.85. The van der Waals surface area contributed by atoms with Crippen LogP contribution in [0.3, 0.4) is 0 Å². The minimum absolute atomic E-state index is 0. The summed E-state index contributed by atoms with van der Waals surface area (Å²) in [5.41, 5.74) is 5.71. The van der Waals surface area contributed by atoms with Crippen molar-refractivity contribution in [2.45, 2.75) is 52.0 Å². The predicted octanol–water partition coefficient (Wildman–Crippen LogP) is 2.18. The summed E-state index contributed by atoms with van der Waals surface area (Å²) >= 11 is 0. The molecule has 0 aliphatic carbocycles. The van der Waals surface area contributed by atoms with Gasteiger partial charge in [-0.15, -0.1) is 12.4 Å². The van der Waals surface area contributed by atoms with Crippen LogP contribution in [0.2, 0.25) is 0 Å². The molecule has 1 rings (SSSR count). The largest absolute Gasteiger partial charge is 0.338 e. The quantitative estimate of drug-likeness (QED) is 0.829. The Morgan fingerprint density at radius 2 is 2.19 bits per heavy atom. The van der Waals surface area contributed by atoms with E-state index in [-0.39, 0.29) is 18.3 Å². The summed E-state index contributed by atoms with van der Waals surface area (Å²) in [6.07, 6.45) is 5.51. The van der Waals surface area contributed by atoms with Crippen LogP contribution < -0.4 is 5.73 Å². The van der Waals surface area contributed by atoms with Crippen LogP contribution in [-0.4, -0.2) is 29.9 Å². The van der Waals surface area contributed by atoms with Gasteiger partial charge in [0.2, 0.25) is 5.91 Å². The van der Waals surface area contributed by atoms with Crippen LogP contribution in [0.5, 0.6) is 0 Å². The Hall–Kier alpha value is -0.280. The van der Waals surface area contributed by atoms with E-state index >= 15 is 0 Å². The molecule has 1 aliphatic heterocycles. The van der Waals surface area contributed by atoms with Crippen molar-refractivity contribution in [1.29, 1.82) is 0 Å². The molecule has 0 aromatic carbocycles. The number of halogens is 1. The number of likely N-dealkylation sites (tertiary alicyclic amines) is 1. The standard InChI is InChI=1S/C12H24N2O.ClH/c1-3-6-10(2)12(15)14-8-5-4-7-11(14)9-13;/h10-11H,3-9,13H2,1-2H3;1H. The summed E-state index contributed by atoms with van der Waals surface area (Å²) in [4.78, 5) is 14.1. The van der Waals surface area contributed by atoms with Gasteiger partial charge in [-0.05, 0) is 25.7 Å². The molecule has 1 heterocycles. The van der Waals surface area contributed by atoms with E-state index in [2.05, 4.69) is 6.92 Å². The molecule has 1 saturated heterocycles. The highest BCUT2D eigenvalue weighted by Crippen LogP contribution is 2.20. The Labute approximate surface area is 105 Å². The number of hydrogen-bond donors (Lipinski definition) is 1. The summed E-state index contributed by atoms with van der Waals surface area (Å²) < 4.78 is 0. The number of nitrogens with zero attached hydrogens (tertiary/aromatic N) is 1. The first kappa shape index (κ1) is 15.7. The highest BCUT2D eigenvalue weighted by atomic mass is 35.5. The summed E-state index contributed by atoms with van der Waals surface area (Å²) in [6.45, 7) is 5.69. The van der Waals surface area contributed by atoms with E-state index < -0.39 is 0 Å². The van der Waals surface area contributed by atoms with Crippen molar-refractivity contribution in [3.63, 3.8) is 0 Å². The average molecular weight is 249 g/mol. The lowest BCUT2D eigenvalue weighted by atomic mass is 9.98. The third-order valence-corrected chi connectivity index (χ3v) is 3.33. The van der Waals surface area contributed by atoms with E-state index in [4.69, 9.17) is 5.73 Å². The zero-order valence-electron chi connectivity index (χ0n) is 10.4. The second-order valence-electron chi connectivity index (χ2n) is 4.61. The lowest BCUT2D eigenvalue weighted by Crippen LogP contribution is -2.49. The number of piperidine rings is 1. The van der Waals surface area contributed by atoms with Crippen LogP contribution in [-0.2, 0) is 4.79 Å². The number of hydrogen-bond acceptors (Lipinski definition) is 2. The first-order valence-electron chi connectivity index (χ1n) is 6.21. The Morgan fingerprint density at radius 3 is 2.75 bits per heavy atom. The van der Waals surface area contributed by atoms with Gasteiger partial charge in [-0.25, -0.2) is 0 Å². The molecule has 1 fully saturated rings. The van der Waals surface area contributed by atoms with Crippen LogP contribution >= 0.6 is 12.4 Å². The van der Waals surface area contributed by atoms with Gasteiger partial charge in [-0.2, -0.15) is 0 Å². The smallest absolute Gasteiger partial charge is 0.225 e. The molecule has 1 aliphatic rings. The topological polar surface area (TPSA) is 46.3 Å². The van der Waals surface area contributed by atoms with E-state index in [1.54, 1.807) is 0 Å². The Kier molecular flexibility index (Phi) is 7.77. The fourth-order valence-electron chi connectivity index (χ4n) is 2.38. The molecule has 16 heavy (non-hydrogen) atoms. The summed E-state index contributed by atoms with van der Waals surface area (Å²) in [5, 5.41) is 0. The SMILES string of the molecule is CCCC(C)C(=O)N1CCCCC1CN.Cl. The predicted molar refractivity (Wildman–Crippen MR) is 69.7 cm³/mol. The van der Waals surface area contributed by atoms with Gasteiger partial charge in [0.05, 0.1) is 0 Å². The number of nitrogens with two attached hydrogens (primary N) is 1. The molecule has 0 saturated carbocycles. The van der Waals surface area contributed by atoms with Crippen molar-refractivity contribution in [2.24, 2.45) is 11.7 Å². The van der Waals surface area contributed by atoms with Gasteiger partial charge in [-0.3, -0.25) is 4.79 Å². The second-order valence-corrected chi connectivity index (χ2v) is 4.61. The van der Waals surface area contributed by atoms with Gasteiger partial charge in [0.1, 0.15) is 0 Å². The first-order valence-corrected chi connectivity index (χ1v) is 6.21. The van der Waals surface area contributed by atoms with Crippen molar-refractivity contribution in [3.8, 4) is 0 Å². The van der Waals surface area contributed by atoms with E-state index in [9.17, 15) is 4.79 Å². The fraction of sp³-hybridized carbons (Fsp3) is 0.917. The van der Waals surface area contributed by atoms with Crippen molar-refractivity contribution in [1.82, 2.24) is 4.90 Å². The normalized spacial score (nSPS) is 22.4. The molecule has 0 spiro atoms. The Bertz CT molecular complexity index is 211. The van der Waals surface area contributed by atoms with Crippen LogP contribution in [0, 0.1) is 5.92 Å². The van der Waals surface area contributed by atoms with Gasteiger partial charge in [0.15, 0.2) is 0 Å². The molecule has 0 bridgehead atoms. The van der Waals surface area contributed by atoms with Crippen LogP contribution in [0.25, 0.3) is 0 Å². The second kappa shape index (κ2) is 7.91. The zero-order chi connectivity index (χ0) is 11.3. The maximum atomic E-state index is 12.1. The summed E-state index contributed by atoms with van der Waals surface area (Å²) in [6, 6.07) is 0.297. The lowest BCUT2D eigenvalue weighted by molar-refractivity contribution is -0.138. The molecule has 2 atom stereocenters. The van der Waals surface area contributed by atoms with E-state index in [0.717, 1.165) is 32.2 Å². The van der Waals surface area contributed by atoms with E-state index in [1.165, 1.54) is 6.42 Å². The Balaban J connectivity index is 0.00000225. The van der Waals surface area contributed by atoms with Crippen molar-refractivity contribution in [3.05, 3.63) is 0 Å². The minimum atomic E-state index is 0. The third kappa shape index (κ3) is 3.95. The molecular weight excluding hydrogens is 224 g/mol. The van der Waals surface area contributed by atoms with Gasteiger partial charge < -0.3 is 10.6 Å². The van der Waals surface area contributed by atoms with Crippen molar-refractivity contribution < 1.29 is 4.79 Å². The molecule has 3 nitrogen and oxygen atoms in total. The average Bonchev–Trinajstić information content (AvgIpc) is 2.28. The van der Waals surface area contributed by atoms with Crippen LogP contribution in [0.15, 0.2) is 0 Å². The molecule has 0 aromatic rings. The summed E-state index contributed by atoms with van der Waals surface area (Å²) in [5.74, 6) is 0.481. The number of carbonyl (C=O) groups is 1. The van der Waals surface area contributed by atoms with Crippen LogP contribution in [0.1, 0.15) is 46.0 Å². The van der Waals surface area contributed by atoms with Crippen LogP contribution in [0.4, 0.5) is 0 Å². The first-order chi connectivity index (χ1) is 7.20. The van der Waals surface area contributed by atoms with Crippen molar-refractivity contribution >= 4 is 18.3 Å². The van der Waals surface area contributed by atoms with Gasteiger partial charge in [0.25, 0.3) is 0 Å². The zero-order valence-corrected chi connectivity index (χ0v) is 11.3. The maximum absolute atomic E-state index is 12.1. The number of amides is 1. The fourth-order valence-corrected chi connectivity index (χ4v) is 2.38. The summed E-state index contributed by atoms with van der Waals surface area (Å²) in [7, 11) is 0. The molecule has 1 amide bonds. The van der Waals surface area contributed by atoms with Gasteiger partial charge >= 0.3 is 0 Å². The van der Waals surface area contributed by atoms with Crippen molar-refractivity contribution in [2.75, 3.05) is 13.1 Å². The molecular formula is C12H25ClN2O. The molecule has 2 unspecified atom stereocenters. The van der Waals surface area contributed by atoms with E-state index in [1.807, 2.05) is 11.8 Å². The van der Waals surface area contributed by atoms with E-state index in [0.29, 0.717) is 18.5 Å². The molecule has 4 heteroatoms. The maximum Gasteiger partial charge on any atom is 0.225 e. The van der Waals surface area contributed by atoms with Gasteiger partial charge in [0, 0.05) is 25.0 Å². The highest BCUT2D eigenvalue weighted by Gasteiger charge is 2.27. The molecule has 96 valence electrons. The number of rotatable bonds is 4. The molecule has 2 N–H and O–H groups in total. The monoisotopic (exact) mass is 248 g/mol. The molecule has 0 aromatic heterocycles. The number of carbonyl (C=O) groups excluding carboxylic acids is 1. The Morgan fingerprint density at radius 1 is 1.50 bits per heavy atom. The van der Waals surface area contributed by atoms with Gasteiger partial charge in [-0.1, -0.05) is 20.3 Å². The minimum Gasteiger partial charge on any atom is -0.338 e. The molecule has 0 radical (unpaired) electrons.